The maximum atomic E-state index is 12.8. The molecule has 1 saturated carbocycles. The Bertz CT molecular complexity index is 1090. The van der Waals surface area contributed by atoms with Gasteiger partial charge in [0.2, 0.25) is 0 Å². The summed E-state index contributed by atoms with van der Waals surface area (Å²) in [6, 6.07) is 13.1. The molecule has 2 aromatic carbocycles. The van der Waals surface area contributed by atoms with Gasteiger partial charge in [-0.1, -0.05) is 38.1 Å². The monoisotopic (exact) mass is 406 g/mol. The predicted octanol–water partition coefficient (Wildman–Crippen LogP) is 2.97. The number of ketones is 1. The first kappa shape index (κ1) is 19.8. The summed E-state index contributed by atoms with van der Waals surface area (Å²) in [5.41, 5.74) is 1.08. The van der Waals surface area contributed by atoms with Crippen LogP contribution in [0.4, 0.5) is 0 Å². The molecule has 3 rings (SSSR count). The number of benzene rings is 2. The van der Waals surface area contributed by atoms with E-state index in [0.717, 1.165) is 23.6 Å². The van der Waals surface area contributed by atoms with Gasteiger partial charge in [0, 0.05) is 23.8 Å². The van der Waals surface area contributed by atoms with Gasteiger partial charge in [-0.3, -0.25) is 4.79 Å². The molecule has 1 aliphatic rings. The van der Waals surface area contributed by atoms with E-state index in [-0.39, 0.29) is 27.4 Å². The summed E-state index contributed by atoms with van der Waals surface area (Å²) in [7, 11) is -6.58. The van der Waals surface area contributed by atoms with E-state index in [2.05, 4.69) is 0 Å². The van der Waals surface area contributed by atoms with E-state index < -0.39 is 25.1 Å². The van der Waals surface area contributed by atoms with Crippen molar-refractivity contribution < 1.29 is 21.6 Å². The minimum absolute atomic E-state index is 0.0896. The fourth-order valence-corrected chi connectivity index (χ4v) is 5.08. The van der Waals surface area contributed by atoms with Crippen molar-refractivity contribution in [1.29, 1.82) is 0 Å². The Morgan fingerprint density at radius 3 is 1.44 bits per heavy atom. The van der Waals surface area contributed by atoms with Crippen LogP contribution in [0.25, 0.3) is 0 Å². The van der Waals surface area contributed by atoms with Crippen LogP contribution in [-0.2, 0) is 24.5 Å². The summed E-state index contributed by atoms with van der Waals surface area (Å²) >= 11 is 0. The van der Waals surface area contributed by atoms with Crippen molar-refractivity contribution in [2.75, 3.05) is 12.5 Å². The first-order valence-corrected chi connectivity index (χ1v) is 12.3. The molecule has 0 spiro atoms. The third-order valence-corrected chi connectivity index (χ3v) is 7.62. The molecule has 5 nitrogen and oxygen atoms in total. The van der Waals surface area contributed by atoms with Crippen LogP contribution in [0.15, 0.2) is 58.3 Å². The Kier molecular flexibility index (Phi) is 4.59. The van der Waals surface area contributed by atoms with Crippen molar-refractivity contribution in [1.82, 2.24) is 0 Å². The molecule has 0 aromatic heterocycles. The lowest BCUT2D eigenvalue weighted by Crippen LogP contribution is -2.50. The van der Waals surface area contributed by atoms with Crippen molar-refractivity contribution in [3.8, 4) is 0 Å². The number of hydrogen-bond donors (Lipinski definition) is 0. The van der Waals surface area contributed by atoms with Gasteiger partial charge in [-0.15, -0.1) is 0 Å². The maximum absolute atomic E-state index is 12.8. The third-order valence-electron chi connectivity index (χ3n) is 5.36. The van der Waals surface area contributed by atoms with Crippen molar-refractivity contribution >= 4 is 25.5 Å². The quantitative estimate of drug-likeness (QED) is 0.779. The van der Waals surface area contributed by atoms with Gasteiger partial charge < -0.3 is 0 Å². The number of carbonyl (C=O) groups is 1. The van der Waals surface area contributed by atoms with E-state index in [1.165, 1.54) is 12.1 Å². The first-order valence-electron chi connectivity index (χ1n) is 8.48. The van der Waals surface area contributed by atoms with Crippen LogP contribution in [-0.4, -0.2) is 35.1 Å². The molecule has 144 valence electrons. The molecule has 0 radical (unpaired) electrons. The second-order valence-corrected chi connectivity index (χ2v) is 11.8. The maximum Gasteiger partial charge on any atom is 0.175 e. The van der Waals surface area contributed by atoms with Gasteiger partial charge in [0.1, 0.15) is 5.78 Å². The van der Waals surface area contributed by atoms with Crippen molar-refractivity contribution in [3.05, 3.63) is 59.7 Å². The standard InChI is InChI=1S/C20H22O5S2/c1-20(2)18(14-7-11-16(12-8-14)27(4,24)25)17(19(20)21)13-5-9-15(10-6-13)26(3,22)23/h5-12,17-18H,1-4H3. The SMILES string of the molecule is CC1(C)C(=O)C(c2ccc(S(C)(=O)=O)cc2)C1c1ccc(S(C)(=O)=O)cc1. The summed E-state index contributed by atoms with van der Waals surface area (Å²) in [4.78, 5) is 13.2. The van der Waals surface area contributed by atoms with Gasteiger partial charge in [0.25, 0.3) is 0 Å². The van der Waals surface area contributed by atoms with E-state index in [9.17, 15) is 21.6 Å². The van der Waals surface area contributed by atoms with E-state index >= 15 is 0 Å². The molecule has 27 heavy (non-hydrogen) atoms. The third kappa shape index (κ3) is 3.46. The molecule has 0 saturated heterocycles. The summed E-state index contributed by atoms with van der Waals surface area (Å²) < 4.78 is 46.6. The minimum atomic E-state index is -3.30. The Morgan fingerprint density at radius 2 is 1.07 bits per heavy atom. The summed E-state index contributed by atoms with van der Waals surface area (Å²) in [6.07, 6.45) is 2.30. The molecule has 2 unspecified atom stereocenters. The molecule has 7 heteroatoms. The van der Waals surface area contributed by atoms with Crippen molar-refractivity contribution in [2.24, 2.45) is 5.41 Å². The van der Waals surface area contributed by atoms with E-state index in [4.69, 9.17) is 0 Å². The van der Waals surface area contributed by atoms with Gasteiger partial charge in [-0.25, -0.2) is 16.8 Å². The average Bonchev–Trinajstić information content (AvgIpc) is 2.57. The molecule has 0 N–H and O–H groups in total. The molecule has 2 aromatic rings. The van der Waals surface area contributed by atoms with Gasteiger partial charge in [0.05, 0.1) is 15.7 Å². The molecule has 0 bridgehead atoms. The number of sulfone groups is 2. The highest BCUT2D eigenvalue weighted by atomic mass is 32.2. The van der Waals surface area contributed by atoms with E-state index in [0.29, 0.717) is 0 Å². The van der Waals surface area contributed by atoms with Gasteiger partial charge >= 0.3 is 0 Å². The molecular formula is C20H22O5S2. The van der Waals surface area contributed by atoms with Crippen molar-refractivity contribution in [3.63, 3.8) is 0 Å². The summed E-state index contributed by atoms with van der Waals surface area (Å²) in [5.74, 6) is -0.396. The van der Waals surface area contributed by atoms with Crippen LogP contribution in [0.3, 0.4) is 0 Å². The predicted molar refractivity (Wildman–Crippen MR) is 103 cm³/mol. The Hall–Kier alpha value is -1.99. The van der Waals surface area contributed by atoms with Crippen LogP contribution in [0.1, 0.15) is 36.8 Å². The lowest BCUT2D eigenvalue weighted by molar-refractivity contribution is -0.141. The first-order chi connectivity index (χ1) is 12.3. The van der Waals surface area contributed by atoms with Crippen molar-refractivity contribution in [2.45, 2.75) is 35.5 Å². The van der Waals surface area contributed by atoms with E-state index in [1.54, 1.807) is 36.4 Å². The normalized spacial score (nSPS) is 22.3. The zero-order chi connectivity index (χ0) is 20.2. The molecule has 1 aliphatic carbocycles. The number of carbonyl (C=O) groups excluding carboxylic acids is 1. The fraction of sp³-hybridized carbons (Fsp3) is 0.350. The largest absolute Gasteiger partial charge is 0.298 e. The lowest BCUT2D eigenvalue weighted by atomic mass is 9.51. The van der Waals surface area contributed by atoms with Crippen LogP contribution in [0.5, 0.6) is 0 Å². The van der Waals surface area contributed by atoms with Gasteiger partial charge in [-0.05, 0) is 35.4 Å². The topological polar surface area (TPSA) is 85.3 Å². The van der Waals surface area contributed by atoms with Crippen LogP contribution >= 0.6 is 0 Å². The van der Waals surface area contributed by atoms with E-state index in [1.807, 2.05) is 13.8 Å². The Labute approximate surface area is 160 Å². The average molecular weight is 407 g/mol. The zero-order valence-corrected chi connectivity index (χ0v) is 17.3. The zero-order valence-electron chi connectivity index (χ0n) is 15.6. The Morgan fingerprint density at radius 1 is 0.704 bits per heavy atom. The van der Waals surface area contributed by atoms with Gasteiger partial charge in [0.15, 0.2) is 19.7 Å². The highest BCUT2D eigenvalue weighted by molar-refractivity contribution is 7.91. The molecule has 1 fully saturated rings. The number of Topliss-reactive ketones (excluding diaryl/α,β-unsaturated/α-hetero) is 1. The highest BCUT2D eigenvalue weighted by Crippen LogP contribution is 2.58. The second kappa shape index (κ2) is 6.27. The van der Waals surface area contributed by atoms with Crippen LogP contribution in [0.2, 0.25) is 0 Å². The van der Waals surface area contributed by atoms with Crippen LogP contribution < -0.4 is 0 Å². The highest BCUT2D eigenvalue weighted by Gasteiger charge is 2.56. The number of hydrogen-bond acceptors (Lipinski definition) is 5. The molecule has 0 amide bonds. The van der Waals surface area contributed by atoms with Crippen LogP contribution in [0, 0.1) is 5.41 Å². The van der Waals surface area contributed by atoms with Gasteiger partial charge in [-0.2, -0.15) is 0 Å². The Balaban J connectivity index is 1.99. The smallest absolute Gasteiger partial charge is 0.175 e. The number of rotatable bonds is 4. The molecule has 2 atom stereocenters. The minimum Gasteiger partial charge on any atom is -0.298 e. The fourth-order valence-electron chi connectivity index (χ4n) is 3.82. The molecule has 0 aliphatic heterocycles. The molecule has 0 heterocycles. The second-order valence-electron chi connectivity index (χ2n) is 7.72. The lowest BCUT2D eigenvalue weighted by Gasteiger charge is -2.50. The molecular weight excluding hydrogens is 384 g/mol. The summed E-state index contributed by atoms with van der Waals surface area (Å²) in [5, 5.41) is 0. The summed E-state index contributed by atoms with van der Waals surface area (Å²) in [6.45, 7) is 3.76.